The van der Waals surface area contributed by atoms with Crippen molar-refractivity contribution in [3.8, 4) is 0 Å². The first kappa shape index (κ1) is 23.3. The zero-order valence-electron chi connectivity index (χ0n) is 10.1. The molecule has 0 atom stereocenters. The fourth-order valence-electron chi connectivity index (χ4n) is 0.430. The van der Waals surface area contributed by atoms with Gasteiger partial charge in [-0.15, -0.1) is 0 Å². The number of hydrogen-bond acceptors (Lipinski definition) is 6. The number of hydrogen-bond donors (Lipinski definition) is 3. The van der Waals surface area contributed by atoms with Gasteiger partial charge in [0.2, 0.25) is 0 Å². The van der Waals surface area contributed by atoms with Gasteiger partial charge in [-0.2, -0.15) is 0 Å². The minimum absolute atomic E-state index is 0. The zero-order chi connectivity index (χ0) is 13.6. The summed E-state index contributed by atoms with van der Waals surface area (Å²) in [6.45, 7) is 1.11. The van der Waals surface area contributed by atoms with Crippen molar-refractivity contribution in [3.63, 3.8) is 0 Å². The van der Waals surface area contributed by atoms with Gasteiger partial charge in [0.1, 0.15) is 6.54 Å². The topological polar surface area (TPSA) is 150 Å². The normalized spacial score (nSPS) is 12.2. The molecule has 0 spiro atoms. The monoisotopic (exact) mass is 303 g/mol. The second-order valence-corrected chi connectivity index (χ2v) is 6.29. The van der Waals surface area contributed by atoms with E-state index in [0.717, 1.165) is 11.0 Å². The van der Waals surface area contributed by atoms with Gasteiger partial charge in [-0.25, -0.2) is 4.57 Å². The van der Waals surface area contributed by atoms with E-state index in [2.05, 4.69) is 25.5 Å². The van der Waals surface area contributed by atoms with E-state index < -0.39 is 15.6 Å². The van der Waals surface area contributed by atoms with Crippen molar-refractivity contribution in [2.75, 3.05) is 34.3 Å². The van der Waals surface area contributed by atoms with Crippen molar-refractivity contribution in [2.45, 2.75) is 0 Å². The van der Waals surface area contributed by atoms with Gasteiger partial charge in [0.05, 0.1) is 35.6 Å². The average molecular weight is 303 g/mol. The van der Waals surface area contributed by atoms with E-state index in [9.17, 15) is 18.9 Å². The fourth-order valence-corrected chi connectivity index (χ4v) is 1.47. The number of phosphoric acid groups is 2. The van der Waals surface area contributed by atoms with E-state index in [-0.39, 0.29) is 36.2 Å². The number of nitrogens with zero attached hydrogens (tertiary/aromatic N) is 1. The zero-order valence-corrected chi connectivity index (χ0v) is 13.9. The minimum Gasteiger partial charge on any atom is -0.789 e. The van der Waals surface area contributed by atoms with E-state index >= 15 is 0 Å². The quantitative estimate of drug-likeness (QED) is 0.264. The second kappa shape index (κ2) is 9.14. The molecule has 12 heteroatoms. The average Bonchev–Trinajstić information content (AvgIpc) is 1.73. The van der Waals surface area contributed by atoms with Gasteiger partial charge in [-0.3, -0.25) is 4.31 Å². The molecule has 0 amide bonds. The van der Waals surface area contributed by atoms with Crippen LogP contribution in [0.1, 0.15) is 0 Å². The molecule has 0 radical (unpaired) electrons. The summed E-state index contributed by atoms with van der Waals surface area (Å²) in [4.78, 5) is 34.1. The minimum atomic E-state index is -5.55. The molecule has 0 aliphatic rings. The summed E-state index contributed by atoms with van der Waals surface area (Å²) in [7, 11) is -4.57. The van der Waals surface area contributed by atoms with Crippen LogP contribution >= 0.6 is 15.6 Å². The summed E-state index contributed by atoms with van der Waals surface area (Å²) in [6, 6.07) is 0. The van der Waals surface area contributed by atoms with Gasteiger partial charge in [0, 0.05) is 0 Å². The molecule has 0 aliphatic heterocycles. The van der Waals surface area contributed by atoms with Crippen molar-refractivity contribution in [1.29, 1.82) is 0 Å². The van der Waals surface area contributed by atoms with Crippen LogP contribution in [0.5, 0.6) is 0 Å². The first-order valence-corrected chi connectivity index (χ1v) is 6.96. The van der Waals surface area contributed by atoms with Crippen molar-refractivity contribution >= 4 is 15.6 Å². The molecule has 100 valence electrons. The molecule has 0 saturated carbocycles. The Morgan fingerprint density at radius 2 is 1.53 bits per heavy atom. The van der Waals surface area contributed by atoms with Crippen LogP contribution in [0.15, 0.2) is 0 Å². The van der Waals surface area contributed by atoms with Crippen molar-refractivity contribution in [2.24, 2.45) is 0 Å². The third-order valence-corrected chi connectivity index (χ3v) is 2.63. The van der Waals surface area contributed by atoms with Crippen molar-refractivity contribution in [1.82, 2.24) is 0 Å². The molecule has 0 fully saturated rings. The van der Waals surface area contributed by atoms with Gasteiger partial charge in [-0.05, 0) is 0 Å². The predicted molar refractivity (Wildman–Crippen MR) is 50.7 cm³/mol. The molecule has 0 saturated heterocycles. The first-order valence-electron chi connectivity index (χ1n) is 3.97. The summed E-state index contributed by atoms with van der Waals surface area (Å²) in [5.41, 5.74) is 0. The van der Waals surface area contributed by atoms with Crippen LogP contribution in [0, 0.1) is 0 Å². The first-order chi connectivity index (χ1) is 6.77. The Bertz CT molecular complexity index is 260. The van der Waals surface area contributed by atoms with Gasteiger partial charge in [0.15, 0.2) is 0 Å². The molecular formula is C5H16NNaO8P2. The number of likely N-dealkylation sites (N-methyl/N-ethyl adjacent to an activating group) is 1. The maximum Gasteiger partial charge on any atom is 1.00 e. The number of aliphatic hydroxyl groups is 1. The molecule has 0 aromatic rings. The fraction of sp³-hybridized carbons (Fsp3) is 1.00. The Labute approximate surface area is 122 Å². The van der Waals surface area contributed by atoms with Gasteiger partial charge in [0.25, 0.3) is 0 Å². The molecule has 0 rings (SSSR count). The van der Waals surface area contributed by atoms with E-state index in [1.807, 2.05) is 0 Å². The molecule has 0 aliphatic carbocycles. The number of rotatable bonds is 4. The van der Waals surface area contributed by atoms with E-state index in [0.29, 0.717) is 0 Å². The van der Waals surface area contributed by atoms with Gasteiger partial charge < -0.3 is 33.7 Å². The summed E-state index contributed by atoms with van der Waals surface area (Å²) in [6.07, 6.45) is 0. The van der Waals surface area contributed by atoms with Crippen LogP contribution < -0.4 is 39.3 Å². The van der Waals surface area contributed by atoms with Crippen molar-refractivity contribution < 1.29 is 72.2 Å². The Kier molecular flexibility index (Phi) is 12.5. The summed E-state index contributed by atoms with van der Waals surface area (Å²) >= 11 is 0. The molecule has 9 nitrogen and oxygen atoms in total. The van der Waals surface area contributed by atoms with Crippen LogP contribution in [0.25, 0.3) is 0 Å². The van der Waals surface area contributed by atoms with Gasteiger partial charge >= 0.3 is 37.4 Å². The Balaban J connectivity index is -0.000000224. The van der Waals surface area contributed by atoms with Crippen LogP contribution in [0.2, 0.25) is 0 Å². The van der Waals surface area contributed by atoms with Crippen LogP contribution in [0.4, 0.5) is 0 Å². The number of aliphatic hydroxyl groups excluding tert-OH is 1. The van der Waals surface area contributed by atoms with Crippen LogP contribution in [0.3, 0.4) is 0 Å². The van der Waals surface area contributed by atoms with Crippen LogP contribution in [-0.2, 0) is 13.4 Å². The standard InChI is InChI=1S/C5H14NO.Na.H4O7P2/c1-6(2,3)4-5-7;;1-8(2,3)7-9(4,5)6/h7H,4-5H2,1-3H3;;(H2,1,2,3)(H2,4,5,6)/q2*+1;/p-2. The Hall–Kier alpha value is 1.18. The molecule has 0 bridgehead atoms. The smallest absolute Gasteiger partial charge is 0.789 e. The third-order valence-electron chi connectivity index (χ3n) is 0.977. The molecule has 0 heterocycles. The molecular weight excluding hydrogens is 287 g/mol. The maximum absolute atomic E-state index is 9.55. The van der Waals surface area contributed by atoms with E-state index in [4.69, 9.17) is 14.9 Å². The second-order valence-electron chi connectivity index (χ2n) is 3.76. The van der Waals surface area contributed by atoms with E-state index in [1.165, 1.54) is 0 Å². The Morgan fingerprint density at radius 1 is 1.18 bits per heavy atom. The molecule has 0 aromatic heterocycles. The predicted octanol–water partition coefficient (Wildman–Crippen LogP) is -5.39. The number of quaternary nitrogens is 1. The molecule has 0 aromatic carbocycles. The SMILES string of the molecule is C[N+](C)(C)CCO.O=P([O-])([O-])OP(=O)(O)O.[Na+]. The van der Waals surface area contributed by atoms with Gasteiger partial charge in [-0.1, -0.05) is 0 Å². The van der Waals surface area contributed by atoms with Crippen molar-refractivity contribution in [3.05, 3.63) is 0 Å². The summed E-state index contributed by atoms with van der Waals surface area (Å²) in [5.74, 6) is 0. The van der Waals surface area contributed by atoms with E-state index in [1.54, 1.807) is 0 Å². The molecule has 3 N–H and O–H groups in total. The molecule has 17 heavy (non-hydrogen) atoms. The van der Waals surface area contributed by atoms with Crippen LogP contribution in [-0.4, -0.2) is 53.7 Å². The Morgan fingerprint density at radius 3 is 1.53 bits per heavy atom. The summed E-state index contributed by atoms with van der Waals surface area (Å²) in [5, 5.41) is 8.39. The molecule has 0 unspecified atom stereocenters. The third kappa shape index (κ3) is 31.7. The summed E-state index contributed by atoms with van der Waals surface area (Å²) < 4.78 is 22.5. The maximum atomic E-state index is 9.55. The largest absolute Gasteiger partial charge is 1.00 e.